The van der Waals surface area contributed by atoms with Crippen molar-refractivity contribution >= 4 is 45.9 Å². The molecule has 16 heteroatoms. The molecule has 4 unspecified atom stereocenters. The number of carbonyl (C=O) groups is 5. The van der Waals surface area contributed by atoms with Crippen LogP contribution in [0.25, 0.3) is 0 Å². The highest BCUT2D eigenvalue weighted by atomic mass is 32.2. The van der Waals surface area contributed by atoms with E-state index < -0.39 is 58.4 Å². The Bertz CT molecular complexity index is 1270. The van der Waals surface area contributed by atoms with Crippen LogP contribution in [0.1, 0.15) is 52.0 Å². The fourth-order valence-electron chi connectivity index (χ4n) is 4.73. The summed E-state index contributed by atoms with van der Waals surface area (Å²) in [6, 6.07) is 5.68. The average Bonchev–Trinajstić information content (AvgIpc) is 2.94. The molecule has 0 bridgehead atoms. The number of Topliss-reactive ketones (excluding diaryl/α,β-unsaturated/α-hetero) is 1. The molecule has 1 aliphatic heterocycles. The highest BCUT2D eigenvalue weighted by Gasteiger charge is 2.35. The number of rotatable bonds is 8. The predicted octanol–water partition coefficient (Wildman–Crippen LogP) is -1.15. The second-order valence-electron chi connectivity index (χ2n) is 10.8. The van der Waals surface area contributed by atoms with Crippen molar-refractivity contribution in [2.24, 2.45) is 11.7 Å². The zero-order valence-corrected chi connectivity index (χ0v) is 26.2. The number of ketones is 1. The molecule has 4 atom stereocenters. The zero-order chi connectivity index (χ0) is 33.4. The molecule has 1 aromatic rings. The van der Waals surface area contributed by atoms with E-state index in [2.05, 4.69) is 21.3 Å². The molecule has 44 heavy (non-hydrogen) atoms. The fraction of sp³-hybridized carbons (Fsp3) is 0.571. The topological polar surface area (TPSA) is 238 Å². The van der Waals surface area contributed by atoms with E-state index in [1.807, 2.05) is 44.2 Å². The van der Waals surface area contributed by atoms with Gasteiger partial charge in [0.1, 0.15) is 12.1 Å². The first-order valence-electron chi connectivity index (χ1n) is 14.2. The second kappa shape index (κ2) is 19.2. The van der Waals surface area contributed by atoms with Crippen LogP contribution in [0.5, 0.6) is 0 Å². The van der Waals surface area contributed by atoms with E-state index in [0.29, 0.717) is 25.7 Å². The summed E-state index contributed by atoms with van der Waals surface area (Å²) in [5.41, 5.74) is 6.24. The number of nitrogens with one attached hydrogen (secondary N) is 5. The van der Waals surface area contributed by atoms with Gasteiger partial charge in [-0.1, -0.05) is 50.6 Å². The van der Waals surface area contributed by atoms with Gasteiger partial charge in [-0.3, -0.25) is 34.7 Å². The van der Waals surface area contributed by atoms with Crippen molar-refractivity contribution in [3.63, 3.8) is 0 Å². The highest BCUT2D eigenvalue weighted by molar-refractivity contribution is 7.59. The summed E-state index contributed by atoms with van der Waals surface area (Å²) in [5.74, 6) is -2.51. The van der Waals surface area contributed by atoms with Crippen LogP contribution in [0, 0.1) is 11.3 Å². The van der Waals surface area contributed by atoms with E-state index in [-0.39, 0.29) is 37.0 Å². The number of nitrogens with two attached hydrogens (primary N) is 1. The first-order valence-corrected chi connectivity index (χ1v) is 15.2. The molecule has 0 spiro atoms. The summed E-state index contributed by atoms with van der Waals surface area (Å²) in [4.78, 5) is 66.9. The van der Waals surface area contributed by atoms with Crippen LogP contribution in [0.15, 0.2) is 30.3 Å². The minimum Gasteiger partial charge on any atom is -0.388 e. The monoisotopic (exact) mass is 637 g/mol. The molecule has 15 nitrogen and oxygen atoms in total. The van der Waals surface area contributed by atoms with Crippen molar-refractivity contribution in [2.75, 3.05) is 20.1 Å². The number of amides is 4. The van der Waals surface area contributed by atoms with E-state index in [1.165, 1.54) is 18.9 Å². The van der Waals surface area contributed by atoms with Gasteiger partial charge in [0.2, 0.25) is 23.6 Å². The summed E-state index contributed by atoms with van der Waals surface area (Å²) in [6.07, 6.45) is 2.10. The summed E-state index contributed by atoms with van der Waals surface area (Å²) in [6.45, 7) is 4.62. The van der Waals surface area contributed by atoms with Crippen LogP contribution in [0.2, 0.25) is 0 Å². The number of hydrogen-bond donors (Lipinski definition) is 6. The van der Waals surface area contributed by atoms with Crippen molar-refractivity contribution in [2.45, 2.75) is 77.0 Å². The van der Waals surface area contributed by atoms with Crippen molar-refractivity contribution in [1.82, 2.24) is 26.2 Å². The lowest BCUT2D eigenvalue weighted by Crippen LogP contribution is -2.59. The Balaban J connectivity index is 0.00000227. The third-order valence-corrected chi connectivity index (χ3v) is 6.85. The van der Waals surface area contributed by atoms with E-state index in [9.17, 15) is 24.0 Å². The number of likely N-dealkylation sites (N-methyl/N-ethyl adjacent to an activating group) is 1. The molecule has 0 radical (unpaired) electrons. The summed E-state index contributed by atoms with van der Waals surface area (Å²) in [5, 5.41) is 18.2. The summed E-state index contributed by atoms with van der Waals surface area (Å²) >= 11 is 0. The number of benzene rings is 1. The number of unbranched alkanes of at least 4 members (excludes halogenated alkanes) is 1. The Morgan fingerprint density at radius 1 is 0.977 bits per heavy atom. The number of hydrogen-bond acceptors (Lipinski definition) is 10. The van der Waals surface area contributed by atoms with Gasteiger partial charge in [0.15, 0.2) is 5.78 Å². The number of carbonyl (C=O) groups excluding carboxylic acids is 5. The lowest BCUT2D eigenvalue weighted by molar-refractivity contribution is -0.142. The van der Waals surface area contributed by atoms with Crippen molar-refractivity contribution in [1.29, 1.82) is 5.41 Å². The van der Waals surface area contributed by atoms with Crippen molar-refractivity contribution in [3.8, 4) is 0 Å². The SMILES string of the molecule is CC1NC(=O)CNC(=O)C(CCCCC(=N)N)NCC(=O)C(C(C)C)N(C)C(=O)C(Cc2ccccc2)NC1=O.O=S(=O)=O. The van der Waals surface area contributed by atoms with E-state index >= 15 is 0 Å². The van der Waals surface area contributed by atoms with Crippen LogP contribution in [-0.2, 0) is 41.0 Å². The van der Waals surface area contributed by atoms with Gasteiger partial charge in [-0.25, -0.2) is 0 Å². The Kier molecular flexibility index (Phi) is 16.5. The Morgan fingerprint density at radius 3 is 2.16 bits per heavy atom. The highest BCUT2D eigenvalue weighted by Crippen LogP contribution is 2.15. The van der Waals surface area contributed by atoms with Crippen molar-refractivity contribution in [3.05, 3.63) is 35.9 Å². The maximum Gasteiger partial charge on any atom is 0.425 e. The first kappa shape index (κ1) is 37.8. The van der Waals surface area contributed by atoms with Gasteiger partial charge in [-0.2, -0.15) is 0 Å². The molecule has 7 N–H and O–H groups in total. The minimum absolute atomic E-state index is 0.0541. The quantitative estimate of drug-likeness (QED) is 0.114. The van der Waals surface area contributed by atoms with Gasteiger partial charge < -0.3 is 26.6 Å². The Labute approximate surface area is 258 Å². The second-order valence-corrected chi connectivity index (χ2v) is 11.2. The molecule has 1 aliphatic rings. The van der Waals surface area contributed by atoms with Crippen LogP contribution in [0.3, 0.4) is 0 Å². The molecule has 0 saturated carbocycles. The lowest BCUT2D eigenvalue weighted by atomic mass is 9.96. The molecule has 4 amide bonds. The molecular formula is C28H43N7O8S. The maximum atomic E-state index is 13.7. The maximum absolute atomic E-state index is 13.7. The lowest BCUT2D eigenvalue weighted by Gasteiger charge is -2.34. The normalized spacial score (nSPS) is 22.3. The standard InChI is InChI=1S/C28H43N7O5.O3S/c1-17(2)25-22(36)15-31-20(12-8-9-13-23(29)30)27(39)32-16-24(37)33-18(3)26(38)34-21(28(40)35(25)4)14-19-10-6-5-7-11-19;1-4(2)3/h5-7,10-11,17-18,20-21,25,31H,8-9,12-16H2,1-4H3,(H3,29,30)(H,32,39)(H,33,37)(H,34,38);. The van der Waals surface area contributed by atoms with Gasteiger partial charge in [0.05, 0.1) is 31.0 Å². The van der Waals surface area contributed by atoms with Gasteiger partial charge >= 0.3 is 10.6 Å². The summed E-state index contributed by atoms with van der Waals surface area (Å²) < 4.78 is 25.3. The first-order chi connectivity index (χ1) is 20.6. The molecule has 0 aromatic heterocycles. The smallest absolute Gasteiger partial charge is 0.388 e. The molecule has 1 saturated heterocycles. The van der Waals surface area contributed by atoms with Gasteiger partial charge in [0.25, 0.3) is 0 Å². The number of nitrogens with zero attached hydrogens (tertiary/aromatic N) is 1. The molecule has 0 aliphatic carbocycles. The van der Waals surface area contributed by atoms with Gasteiger partial charge in [-0.05, 0) is 31.2 Å². The third-order valence-electron chi connectivity index (χ3n) is 6.85. The van der Waals surface area contributed by atoms with Gasteiger partial charge in [0, 0.05) is 19.9 Å². The fourth-order valence-corrected chi connectivity index (χ4v) is 4.73. The molecular weight excluding hydrogens is 594 g/mol. The molecule has 1 fully saturated rings. The van der Waals surface area contributed by atoms with Crippen molar-refractivity contribution < 1.29 is 36.6 Å². The predicted molar refractivity (Wildman–Crippen MR) is 161 cm³/mol. The molecule has 1 aromatic carbocycles. The Hall–Kier alpha value is -4.18. The zero-order valence-electron chi connectivity index (χ0n) is 25.4. The summed E-state index contributed by atoms with van der Waals surface area (Å²) in [7, 11) is -1.57. The van der Waals surface area contributed by atoms with E-state index in [4.69, 9.17) is 23.8 Å². The van der Waals surface area contributed by atoms with Gasteiger partial charge in [-0.15, -0.1) is 12.6 Å². The average molecular weight is 638 g/mol. The van der Waals surface area contributed by atoms with Crippen LogP contribution in [0.4, 0.5) is 0 Å². The largest absolute Gasteiger partial charge is 0.425 e. The van der Waals surface area contributed by atoms with Crippen LogP contribution in [-0.4, -0.2) is 97.1 Å². The number of amidine groups is 1. The minimum atomic E-state index is -3.11. The Morgan fingerprint density at radius 2 is 1.59 bits per heavy atom. The molecule has 244 valence electrons. The van der Waals surface area contributed by atoms with Crippen LogP contribution < -0.4 is 27.0 Å². The molecule has 1 heterocycles. The molecule has 2 rings (SSSR count). The van der Waals surface area contributed by atoms with E-state index in [1.54, 1.807) is 0 Å². The van der Waals surface area contributed by atoms with Crippen LogP contribution >= 0.6 is 0 Å². The van der Waals surface area contributed by atoms with E-state index in [0.717, 1.165) is 5.56 Å². The third kappa shape index (κ3) is 13.9.